The van der Waals surface area contributed by atoms with Crippen LogP contribution >= 0.6 is 11.8 Å². The average Bonchev–Trinajstić information content (AvgIpc) is 2.45. The maximum atomic E-state index is 10.7. The quantitative estimate of drug-likeness (QED) is 0.395. The Labute approximate surface area is 120 Å². The number of rotatable bonds is 5. The summed E-state index contributed by atoms with van der Waals surface area (Å²) < 4.78 is 5.09. The average molecular weight is 290 g/mol. The lowest BCUT2D eigenvalue weighted by Crippen LogP contribution is -1.96. The Hall–Kier alpha value is -2.21. The van der Waals surface area contributed by atoms with E-state index in [4.69, 9.17) is 10.5 Å². The molecule has 0 spiro atoms. The second-order valence-electron chi connectivity index (χ2n) is 4.11. The molecule has 2 aromatic rings. The van der Waals surface area contributed by atoms with Gasteiger partial charge in [-0.3, -0.25) is 10.1 Å². The molecule has 104 valence electrons. The van der Waals surface area contributed by atoms with E-state index < -0.39 is 4.92 Å². The van der Waals surface area contributed by atoms with Crippen LogP contribution in [0.4, 0.5) is 11.4 Å². The van der Waals surface area contributed by atoms with E-state index in [1.54, 1.807) is 31.0 Å². The number of ether oxygens (including phenoxy) is 1. The molecule has 0 aromatic heterocycles. The lowest BCUT2D eigenvalue weighted by molar-refractivity contribution is -0.383. The number of nitro benzene ring substituents is 1. The highest BCUT2D eigenvalue weighted by atomic mass is 32.2. The number of nitrogens with zero attached hydrogens (tertiary/aromatic N) is 1. The topological polar surface area (TPSA) is 78.4 Å². The van der Waals surface area contributed by atoms with Gasteiger partial charge in [-0.25, -0.2) is 0 Å². The number of nitro groups is 1. The summed E-state index contributed by atoms with van der Waals surface area (Å²) in [6, 6.07) is 12.6. The van der Waals surface area contributed by atoms with Gasteiger partial charge in [0.2, 0.25) is 0 Å². The van der Waals surface area contributed by atoms with Gasteiger partial charge in [0.1, 0.15) is 11.4 Å². The van der Waals surface area contributed by atoms with Crippen LogP contribution in [0.25, 0.3) is 0 Å². The minimum atomic E-state index is -0.476. The number of hydrogen-bond acceptors (Lipinski definition) is 5. The normalized spacial score (nSPS) is 10.2. The van der Waals surface area contributed by atoms with Crippen LogP contribution in [0.15, 0.2) is 47.4 Å². The molecule has 0 aliphatic carbocycles. The van der Waals surface area contributed by atoms with Gasteiger partial charge < -0.3 is 10.5 Å². The van der Waals surface area contributed by atoms with Gasteiger partial charge in [-0.05, 0) is 35.9 Å². The van der Waals surface area contributed by atoms with E-state index in [9.17, 15) is 10.1 Å². The maximum Gasteiger partial charge on any atom is 0.292 e. The Bertz CT molecular complexity index is 614. The molecule has 0 heterocycles. The molecular formula is C14H14N2O3S. The predicted octanol–water partition coefficient (Wildman–Crippen LogP) is 3.48. The van der Waals surface area contributed by atoms with Gasteiger partial charge in [0.25, 0.3) is 5.69 Å². The van der Waals surface area contributed by atoms with Crippen LogP contribution in [-0.2, 0) is 5.75 Å². The van der Waals surface area contributed by atoms with Crippen LogP contribution in [0.2, 0.25) is 0 Å². The van der Waals surface area contributed by atoms with Gasteiger partial charge in [-0.1, -0.05) is 6.07 Å². The third kappa shape index (κ3) is 3.42. The third-order valence-corrected chi connectivity index (χ3v) is 3.84. The van der Waals surface area contributed by atoms with Crippen LogP contribution in [0, 0.1) is 10.1 Å². The molecule has 2 rings (SSSR count). The van der Waals surface area contributed by atoms with Crippen LogP contribution in [0.5, 0.6) is 5.75 Å². The SMILES string of the molecule is COc1ccc(SCc2ccc([N+](=O)[O-])c(N)c2)cc1. The summed E-state index contributed by atoms with van der Waals surface area (Å²) in [7, 11) is 1.63. The molecular weight excluding hydrogens is 276 g/mol. The standard InChI is InChI=1S/C14H14N2O3S/c1-19-11-3-5-12(6-4-11)20-9-10-2-7-14(16(17)18)13(15)8-10/h2-8H,9,15H2,1H3. The Kier molecular flexibility index (Phi) is 4.47. The van der Waals surface area contributed by atoms with E-state index in [2.05, 4.69) is 0 Å². The Balaban J connectivity index is 2.03. The van der Waals surface area contributed by atoms with Crippen molar-refractivity contribution in [1.82, 2.24) is 0 Å². The smallest absolute Gasteiger partial charge is 0.292 e. The lowest BCUT2D eigenvalue weighted by Gasteiger charge is -2.05. The number of anilines is 1. The molecule has 0 radical (unpaired) electrons. The summed E-state index contributed by atoms with van der Waals surface area (Å²) in [6.07, 6.45) is 0. The minimum absolute atomic E-state index is 0.0526. The Morgan fingerprint density at radius 1 is 1.25 bits per heavy atom. The van der Waals surface area contributed by atoms with Gasteiger partial charge in [-0.2, -0.15) is 0 Å². The molecule has 0 saturated heterocycles. The highest BCUT2D eigenvalue weighted by molar-refractivity contribution is 7.98. The molecule has 0 bridgehead atoms. The lowest BCUT2D eigenvalue weighted by atomic mass is 10.2. The fourth-order valence-electron chi connectivity index (χ4n) is 1.70. The van der Waals surface area contributed by atoms with E-state index in [0.717, 1.165) is 16.2 Å². The minimum Gasteiger partial charge on any atom is -0.497 e. The Morgan fingerprint density at radius 2 is 1.95 bits per heavy atom. The van der Waals surface area contributed by atoms with E-state index in [0.29, 0.717) is 5.75 Å². The molecule has 6 heteroatoms. The van der Waals surface area contributed by atoms with Crippen molar-refractivity contribution in [2.45, 2.75) is 10.6 Å². The van der Waals surface area contributed by atoms with Gasteiger partial charge in [-0.15, -0.1) is 11.8 Å². The van der Waals surface area contributed by atoms with Crippen molar-refractivity contribution in [2.24, 2.45) is 0 Å². The second kappa shape index (κ2) is 6.29. The summed E-state index contributed by atoms with van der Waals surface area (Å²) in [5.41, 5.74) is 6.76. The van der Waals surface area contributed by atoms with Gasteiger partial charge in [0, 0.05) is 16.7 Å². The van der Waals surface area contributed by atoms with Crippen molar-refractivity contribution < 1.29 is 9.66 Å². The molecule has 0 atom stereocenters. The maximum absolute atomic E-state index is 10.7. The fourth-order valence-corrected chi connectivity index (χ4v) is 2.54. The highest BCUT2D eigenvalue weighted by Crippen LogP contribution is 2.28. The van der Waals surface area contributed by atoms with E-state index in [1.807, 2.05) is 24.3 Å². The summed E-state index contributed by atoms with van der Waals surface area (Å²) >= 11 is 1.63. The largest absolute Gasteiger partial charge is 0.497 e. The van der Waals surface area contributed by atoms with E-state index in [1.165, 1.54) is 6.07 Å². The molecule has 2 N–H and O–H groups in total. The molecule has 0 unspecified atom stereocenters. The molecule has 20 heavy (non-hydrogen) atoms. The van der Waals surface area contributed by atoms with E-state index >= 15 is 0 Å². The van der Waals surface area contributed by atoms with Crippen molar-refractivity contribution in [2.75, 3.05) is 12.8 Å². The summed E-state index contributed by atoms with van der Waals surface area (Å²) in [5.74, 6) is 1.52. The molecule has 0 aliphatic rings. The zero-order chi connectivity index (χ0) is 14.5. The third-order valence-electron chi connectivity index (χ3n) is 2.75. The van der Waals surface area contributed by atoms with Crippen LogP contribution < -0.4 is 10.5 Å². The summed E-state index contributed by atoms with van der Waals surface area (Å²) in [4.78, 5) is 11.3. The van der Waals surface area contributed by atoms with Crippen molar-refractivity contribution in [3.63, 3.8) is 0 Å². The number of methoxy groups -OCH3 is 1. The van der Waals surface area contributed by atoms with Crippen LogP contribution in [0.1, 0.15) is 5.56 Å². The van der Waals surface area contributed by atoms with Crippen molar-refractivity contribution in [1.29, 1.82) is 0 Å². The predicted molar refractivity (Wildman–Crippen MR) is 80.1 cm³/mol. The number of nitrogen functional groups attached to an aromatic ring is 1. The Morgan fingerprint density at radius 3 is 2.50 bits per heavy atom. The number of hydrogen-bond donors (Lipinski definition) is 1. The van der Waals surface area contributed by atoms with Crippen molar-refractivity contribution >= 4 is 23.1 Å². The first kappa shape index (κ1) is 14.2. The molecule has 5 nitrogen and oxygen atoms in total. The van der Waals surface area contributed by atoms with Crippen LogP contribution in [-0.4, -0.2) is 12.0 Å². The van der Waals surface area contributed by atoms with Crippen molar-refractivity contribution in [3.05, 3.63) is 58.1 Å². The van der Waals surface area contributed by atoms with Gasteiger partial charge >= 0.3 is 0 Å². The first-order valence-corrected chi connectivity index (χ1v) is 6.88. The molecule has 0 amide bonds. The van der Waals surface area contributed by atoms with Crippen molar-refractivity contribution in [3.8, 4) is 5.75 Å². The monoisotopic (exact) mass is 290 g/mol. The molecule has 2 aromatic carbocycles. The zero-order valence-corrected chi connectivity index (χ0v) is 11.7. The first-order valence-electron chi connectivity index (χ1n) is 5.90. The summed E-state index contributed by atoms with van der Waals surface area (Å²) in [6.45, 7) is 0. The first-order chi connectivity index (χ1) is 9.60. The number of benzene rings is 2. The van der Waals surface area contributed by atoms with Crippen LogP contribution in [0.3, 0.4) is 0 Å². The summed E-state index contributed by atoms with van der Waals surface area (Å²) in [5, 5.41) is 10.7. The zero-order valence-electron chi connectivity index (χ0n) is 10.9. The van der Waals surface area contributed by atoms with Gasteiger partial charge in [0.15, 0.2) is 0 Å². The number of thioether (sulfide) groups is 1. The highest BCUT2D eigenvalue weighted by Gasteiger charge is 2.11. The molecule has 0 saturated carbocycles. The second-order valence-corrected chi connectivity index (χ2v) is 5.16. The molecule has 0 aliphatic heterocycles. The number of nitrogens with two attached hydrogens (primary N) is 1. The fraction of sp³-hybridized carbons (Fsp3) is 0.143. The van der Waals surface area contributed by atoms with E-state index in [-0.39, 0.29) is 11.4 Å². The molecule has 0 fully saturated rings. The van der Waals surface area contributed by atoms with Gasteiger partial charge in [0.05, 0.1) is 12.0 Å².